The lowest BCUT2D eigenvalue weighted by molar-refractivity contribution is -0.145. The van der Waals surface area contributed by atoms with Crippen molar-refractivity contribution in [2.75, 3.05) is 20.2 Å². The van der Waals surface area contributed by atoms with Crippen LogP contribution in [0.4, 0.5) is 13.2 Å². The minimum absolute atomic E-state index is 0.113. The van der Waals surface area contributed by atoms with Crippen LogP contribution in [-0.4, -0.2) is 36.7 Å². The molecule has 2 heterocycles. The molecule has 1 saturated heterocycles. The summed E-state index contributed by atoms with van der Waals surface area (Å²) in [7, 11) is 1.44. The van der Waals surface area contributed by atoms with Gasteiger partial charge in [0.05, 0.1) is 18.6 Å². The van der Waals surface area contributed by atoms with E-state index in [0.717, 1.165) is 55.9 Å². The number of hydrogen-bond acceptors (Lipinski definition) is 4. The second-order valence-electron chi connectivity index (χ2n) is 10.9. The molecule has 1 saturated carbocycles. The minimum Gasteiger partial charge on any atom is -0.487 e. The Labute approximate surface area is 221 Å². The van der Waals surface area contributed by atoms with Crippen LogP contribution in [0, 0.1) is 11.8 Å². The molecule has 3 aliphatic rings. The predicted octanol–water partition coefficient (Wildman–Crippen LogP) is 7.02. The first kappa shape index (κ1) is 26.4. The van der Waals surface area contributed by atoms with Gasteiger partial charge in [-0.15, -0.1) is 0 Å². The van der Waals surface area contributed by atoms with Crippen molar-refractivity contribution in [2.45, 2.75) is 69.7 Å². The number of ether oxygens (including phenoxy) is 2. The number of nitrogens with zero attached hydrogens (tertiary/aromatic N) is 1. The summed E-state index contributed by atoms with van der Waals surface area (Å²) in [6.07, 6.45) is 1.13. The largest absolute Gasteiger partial charge is 0.487 e. The highest BCUT2D eigenvalue weighted by Crippen LogP contribution is 2.49. The number of fused-ring (bicyclic) bond motifs is 1. The Bertz CT molecular complexity index is 1160. The van der Waals surface area contributed by atoms with E-state index in [1.165, 1.54) is 24.8 Å². The molecule has 2 aromatic rings. The summed E-state index contributed by atoms with van der Waals surface area (Å²) in [5, 5.41) is 0.311. The third-order valence-corrected chi connectivity index (χ3v) is 8.66. The Balaban J connectivity index is 1.29. The number of methoxy groups -OCH3 is 1. The zero-order chi connectivity index (χ0) is 26.4. The van der Waals surface area contributed by atoms with Crippen molar-refractivity contribution in [1.82, 2.24) is 4.90 Å². The molecule has 0 aromatic heterocycles. The van der Waals surface area contributed by atoms with Gasteiger partial charge in [0.25, 0.3) is 0 Å². The van der Waals surface area contributed by atoms with Crippen molar-refractivity contribution in [3.05, 3.63) is 63.7 Å². The highest BCUT2D eigenvalue weighted by atomic mass is 35.5. The molecule has 2 atom stereocenters. The second kappa shape index (κ2) is 10.1. The van der Waals surface area contributed by atoms with E-state index in [1.54, 1.807) is 0 Å². The molecule has 0 amide bonds. The Morgan fingerprint density at radius 2 is 1.89 bits per heavy atom. The standard InChI is InChI=1S/C29H33ClF3NO3/c1-18(27(35)36-2)26(20-4-5-20)21-6-3-19-9-10-28(37-25(19)16-21)11-13-34(14-12-28)17-22-15-23(30)7-8-24(22)29(31,32)33/h3,6-8,15-16,18,20,26H,4-5,9-14,17H2,1-2H3/t18-,26-/m0/s1. The third-order valence-electron chi connectivity index (χ3n) is 8.43. The molecule has 2 fully saturated rings. The van der Waals surface area contributed by atoms with E-state index in [4.69, 9.17) is 21.1 Å². The average molecular weight is 536 g/mol. The molecule has 0 bridgehead atoms. The smallest absolute Gasteiger partial charge is 0.416 e. The lowest BCUT2D eigenvalue weighted by Crippen LogP contribution is -2.49. The van der Waals surface area contributed by atoms with Crippen LogP contribution in [0.3, 0.4) is 0 Å². The Kier molecular flexibility index (Phi) is 7.22. The number of halogens is 4. The SMILES string of the molecule is COC(=O)[C@@H](C)[C@H](c1ccc2c(c1)OC1(CC2)CCN(Cc2cc(Cl)ccc2C(F)(F)F)CC1)C1CC1. The van der Waals surface area contributed by atoms with Crippen LogP contribution in [0.5, 0.6) is 5.75 Å². The van der Waals surface area contributed by atoms with Gasteiger partial charge in [-0.25, -0.2) is 0 Å². The number of likely N-dealkylation sites (tertiary alicyclic amines) is 1. The molecule has 1 spiro atoms. The van der Waals surface area contributed by atoms with E-state index in [9.17, 15) is 18.0 Å². The molecule has 2 aliphatic heterocycles. The minimum atomic E-state index is -4.41. The lowest BCUT2D eigenvalue weighted by atomic mass is 9.80. The Morgan fingerprint density at radius 3 is 2.54 bits per heavy atom. The number of benzene rings is 2. The van der Waals surface area contributed by atoms with E-state index in [0.29, 0.717) is 24.0 Å². The molecule has 1 aliphatic carbocycles. The molecule has 2 aromatic carbocycles. The van der Waals surface area contributed by atoms with Crippen LogP contribution in [0.2, 0.25) is 5.02 Å². The van der Waals surface area contributed by atoms with E-state index >= 15 is 0 Å². The monoisotopic (exact) mass is 535 g/mol. The predicted molar refractivity (Wildman–Crippen MR) is 136 cm³/mol. The van der Waals surface area contributed by atoms with E-state index in [-0.39, 0.29) is 35.5 Å². The second-order valence-corrected chi connectivity index (χ2v) is 11.3. The lowest BCUT2D eigenvalue weighted by Gasteiger charge is -2.45. The molecule has 4 nitrogen and oxygen atoms in total. The van der Waals surface area contributed by atoms with Crippen molar-refractivity contribution in [2.24, 2.45) is 11.8 Å². The number of rotatable bonds is 6. The van der Waals surface area contributed by atoms with Crippen molar-refractivity contribution >= 4 is 17.6 Å². The molecule has 5 rings (SSSR count). The molecule has 0 radical (unpaired) electrons. The van der Waals surface area contributed by atoms with Crippen LogP contribution in [0.1, 0.15) is 67.2 Å². The Morgan fingerprint density at radius 1 is 1.16 bits per heavy atom. The van der Waals surface area contributed by atoms with Gasteiger partial charge in [-0.2, -0.15) is 13.2 Å². The van der Waals surface area contributed by atoms with E-state index < -0.39 is 11.7 Å². The van der Waals surface area contributed by atoms with Gasteiger partial charge in [-0.3, -0.25) is 9.69 Å². The fourth-order valence-corrected chi connectivity index (χ4v) is 6.36. The van der Waals surface area contributed by atoms with E-state index in [2.05, 4.69) is 23.1 Å². The summed E-state index contributed by atoms with van der Waals surface area (Å²) < 4.78 is 52.2. The number of alkyl halides is 3. The highest BCUT2D eigenvalue weighted by molar-refractivity contribution is 6.30. The third kappa shape index (κ3) is 5.63. The van der Waals surface area contributed by atoms with Gasteiger partial charge in [-0.05, 0) is 91.3 Å². The van der Waals surface area contributed by atoms with Crippen molar-refractivity contribution < 1.29 is 27.4 Å². The summed E-state index contributed by atoms with van der Waals surface area (Å²) in [4.78, 5) is 14.4. The maximum absolute atomic E-state index is 13.5. The first-order valence-corrected chi connectivity index (χ1v) is 13.4. The van der Waals surface area contributed by atoms with Crippen LogP contribution >= 0.6 is 11.6 Å². The highest BCUT2D eigenvalue weighted by Gasteiger charge is 2.42. The molecule has 0 unspecified atom stereocenters. The summed E-state index contributed by atoms with van der Waals surface area (Å²) in [5.74, 6) is 1.08. The maximum atomic E-state index is 13.5. The Hall–Kier alpha value is -2.25. The number of carbonyl (C=O) groups excluding carboxylic acids is 1. The van der Waals surface area contributed by atoms with Crippen LogP contribution < -0.4 is 4.74 Å². The van der Waals surface area contributed by atoms with Gasteiger partial charge in [0.1, 0.15) is 11.4 Å². The quantitative estimate of drug-likeness (QED) is 0.373. The number of hydrogen-bond donors (Lipinski definition) is 0. The normalized spacial score (nSPS) is 21.1. The molecule has 0 N–H and O–H groups in total. The fourth-order valence-electron chi connectivity index (χ4n) is 6.16. The summed E-state index contributed by atoms with van der Waals surface area (Å²) in [5.41, 5.74) is 1.56. The number of piperidine rings is 1. The number of aryl methyl sites for hydroxylation is 1. The summed E-state index contributed by atoms with van der Waals surface area (Å²) >= 11 is 6.02. The van der Waals surface area contributed by atoms with Crippen molar-refractivity contribution in [3.63, 3.8) is 0 Å². The summed E-state index contributed by atoms with van der Waals surface area (Å²) in [6.45, 7) is 3.46. The number of esters is 1. The fraction of sp³-hybridized carbons (Fsp3) is 0.552. The van der Waals surface area contributed by atoms with Crippen LogP contribution in [0.25, 0.3) is 0 Å². The van der Waals surface area contributed by atoms with Gasteiger partial charge in [0.2, 0.25) is 0 Å². The zero-order valence-corrected chi connectivity index (χ0v) is 22.0. The zero-order valence-electron chi connectivity index (χ0n) is 21.2. The van der Waals surface area contributed by atoms with Gasteiger partial charge in [-0.1, -0.05) is 30.7 Å². The molecule has 8 heteroatoms. The average Bonchev–Trinajstić information content (AvgIpc) is 3.69. The van der Waals surface area contributed by atoms with Crippen LogP contribution in [0.15, 0.2) is 36.4 Å². The van der Waals surface area contributed by atoms with Crippen molar-refractivity contribution in [1.29, 1.82) is 0 Å². The number of carbonyl (C=O) groups is 1. The molecular formula is C29H33ClF3NO3. The van der Waals surface area contributed by atoms with Gasteiger partial charge in [0, 0.05) is 24.7 Å². The molecule has 200 valence electrons. The first-order chi connectivity index (χ1) is 17.6. The molecule has 37 heavy (non-hydrogen) atoms. The van der Waals surface area contributed by atoms with Gasteiger partial charge >= 0.3 is 12.1 Å². The first-order valence-electron chi connectivity index (χ1n) is 13.1. The van der Waals surface area contributed by atoms with E-state index in [1.807, 2.05) is 6.92 Å². The maximum Gasteiger partial charge on any atom is 0.416 e. The summed E-state index contributed by atoms with van der Waals surface area (Å²) in [6, 6.07) is 10.2. The molecular weight excluding hydrogens is 503 g/mol. The van der Waals surface area contributed by atoms with Crippen LogP contribution in [-0.2, 0) is 28.7 Å². The topological polar surface area (TPSA) is 38.8 Å². The van der Waals surface area contributed by atoms with Gasteiger partial charge in [0.15, 0.2) is 0 Å². The van der Waals surface area contributed by atoms with Gasteiger partial charge < -0.3 is 9.47 Å². The van der Waals surface area contributed by atoms with Crippen molar-refractivity contribution in [3.8, 4) is 5.75 Å².